The third-order valence-electron chi connectivity index (χ3n) is 3.21. The summed E-state index contributed by atoms with van der Waals surface area (Å²) in [6.45, 7) is 9.22. The van der Waals surface area contributed by atoms with Crippen LogP contribution in [0, 0.1) is 5.41 Å². The molecule has 4 nitrogen and oxygen atoms in total. The Labute approximate surface area is 98.8 Å². The number of carbonyl (C=O) groups is 1. The van der Waals surface area contributed by atoms with Crippen LogP contribution in [0.2, 0.25) is 0 Å². The fraction of sp³-hybridized carbons (Fsp3) is 0.917. The molecule has 1 saturated heterocycles. The van der Waals surface area contributed by atoms with Gasteiger partial charge in [0.1, 0.15) is 0 Å². The number of nitrogens with zero attached hydrogens (tertiary/aromatic N) is 1. The van der Waals surface area contributed by atoms with Gasteiger partial charge in [-0.1, -0.05) is 0 Å². The van der Waals surface area contributed by atoms with Crippen LogP contribution in [0.1, 0.15) is 26.7 Å². The molecular weight excluding hydrogens is 202 g/mol. The van der Waals surface area contributed by atoms with Crippen LogP contribution >= 0.6 is 0 Å². The van der Waals surface area contributed by atoms with Gasteiger partial charge in [0, 0.05) is 26.7 Å². The van der Waals surface area contributed by atoms with Gasteiger partial charge in [-0.15, -0.1) is 0 Å². The lowest BCUT2D eigenvalue weighted by molar-refractivity contribution is -0.128. The van der Waals surface area contributed by atoms with E-state index in [9.17, 15) is 4.79 Å². The first-order chi connectivity index (χ1) is 7.56. The van der Waals surface area contributed by atoms with E-state index in [1.807, 2.05) is 13.8 Å². The summed E-state index contributed by atoms with van der Waals surface area (Å²) in [5.74, 6) is 0.0983. The summed E-state index contributed by atoms with van der Waals surface area (Å²) in [7, 11) is 1.69. The molecule has 0 aliphatic carbocycles. The van der Waals surface area contributed by atoms with Crippen LogP contribution in [-0.2, 0) is 4.79 Å². The number of hydrogen-bond donors (Lipinski definition) is 2. The lowest BCUT2D eigenvalue weighted by Crippen LogP contribution is -2.43. The molecule has 1 heterocycles. The van der Waals surface area contributed by atoms with Gasteiger partial charge in [0.15, 0.2) is 0 Å². The predicted octanol–water partition coefficient (Wildman–Crippen LogP) is 0.444. The first-order valence-electron chi connectivity index (χ1n) is 6.21. The molecule has 0 spiro atoms. The largest absolute Gasteiger partial charge is 0.359 e. The lowest BCUT2D eigenvalue weighted by Gasteiger charge is -2.23. The molecule has 4 heteroatoms. The number of likely N-dealkylation sites (tertiary alicyclic amines) is 1. The van der Waals surface area contributed by atoms with Crippen LogP contribution < -0.4 is 10.6 Å². The van der Waals surface area contributed by atoms with Crippen molar-refractivity contribution >= 4 is 5.91 Å². The molecule has 1 rings (SSSR count). The van der Waals surface area contributed by atoms with Gasteiger partial charge in [-0.3, -0.25) is 4.79 Å². The minimum atomic E-state index is -0.320. The molecule has 1 amide bonds. The van der Waals surface area contributed by atoms with Gasteiger partial charge in [-0.2, -0.15) is 0 Å². The number of carbonyl (C=O) groups excluding carboxylic acids is 1. The quantitative estimate of drug-likeness (QED) is 0.647. The number of rotatable bonds is 6. The molecule has 0 aromatic rings. The summed E-state index contributed by atoms with van der Waals surface area (Å²) in [5, 5.41) is 6.06. The second-order valence-corrected chi connectivity index (χ2v) is 5.19. The van der Waals surface area contributed by atoms with Crippen molar-refractivity contribution in [3.8, 4) is 0 Å². The summed E-state index contributed by atoms with van der Waals surface area (Å²) >= 11 is 0. The van der Waals surface area contributed by atoms with Gasteiger partial charge in [-0.05, 0) is 39.8 Å². The Hall–Kier alpha value is -0.610. The van der Waals surface area contributed by atoms with Crippen LogP contribution in [0.4, 0.5) is 0 Å². The predicted molar refractivity (Wildman–Crippen MR) is 66.4 cm³/mol. The fourth-order valence-electron chi connectivity index (χ4n) is 2.06. The van der Waals surface area contributed by atoms with Crippen LogP contribution in [0.15, 0.2) is 0 Å². The van der Waals surface area contributed by atoms with Crippen molar-refractivity contribution in [1.82, 2.24) is 15.5 Å². The standard InChI is InChI=1S/C12H25N3O/c1-12(2,11(16)13-3)10-14-6-9-15-7-4-5-8-15/h14H,4-10H2,1-3H3,(H,13,16). The molecule has 0 radical (unpaired) electrons. The van der Waals surface area contributed by atoms with E-state index >= 15 is 0 Å². The van der Waals surface area contributed by atoms with Crippen molar-refractivity contribution in [3.05, 3.63) is 0 Å². The van der Waals surface area contributed by atoms with Crippen molar-refractivity contribution in [2.75, 3.05) is 39.8 Å². The maximum absolute atomic E-state index is 11.5. The highest BCUT2D eigenvalue weighted by Gasteiger charge is 2.25. The fourth-order valence-corrected chi connectivity index (χ4v) is 2.06. The molecule has 0 atom stereocenters. The minimum Gasteiger partial charge on any atom is -0.359 e. The van der Waals surface area contributed by atoms with Crippen LogP contribution in [0.5, 0.6) is 0 Å². The van der Waals surface area contributed by atoms with E-state index in [-0.39, 0.29) is 11.3 Å². The van der Waals surface area contributed by atoms with E-state index in [0.29, 0.717) is 0 Å². The van der Waals surface area contributed by atoms with Crippen LogP contribution in [-0.4, -0.2) is 50.6 Å². The second kappa shape index (κ2) is 6.21. The highest BCUT2D eigenvalue weighted by Crippen LogP contribution is 2.13. The Morgan fingerprint density at radius 3 is 2.50 bits per heavy atom. The summed E-state index contributed by atoms with van der Waals surface area (Å²) in [6, 6.07) is 0. The average molecular weight is 227 g/mol. The topological polar surface area (TPSA) is 44.4 Å². The van der Waals surface area contributed by atoms with E-state index in [0.717, 1.165) is 19.6 Å². The third kappa shape index (κ3) is 4.10. The van der Waals surface area contributed by atoms with Crippen molar-refractivity contribution in [2.45, 2.75) is 26.7 Å². The normalized spacial score (nSPS) is 17.7. The Morgan fingerprint density at radius 2 is 1.94 bits per heavy atom. The SMILES string of the molecule is CNC(=O)C(C)(C)CNCCN1CCCC1. The minimum absolute atomic E-state index is 0.0983. The molecule has 0 saturated carbocycles. The summed E-state index contributed by atoms with van der Waals surface area (Å²) in [6.07, 6.45) is 2.67. The Morgan fingerprint density at radius 1 is 1.31 bits per heavy atom. The van der Waals surface area contributed by atoms with Gasteiger partial charge in [-0.25, -0.2) is 0 Å². The lowest BCUT2D eigenvalue weighted by atomic mass is 9.92. The maximum Gasteiger partial charge on any atom is 0.226 e. The van der Waals surface area contributed by atoms with Gasteiger partial charge >= 0.3 is 0 Å². The van der Waals surface area contributed by atoms with Crippen molar-refractivity contribution in [1.29, 1.82) is 0 Å². The molecule has 1 fully saturated rings. The van der Waals surface area contributed by atoms with Crippen LogP contribution in [0.3, 0.4) is 0 Å². The summed E-state index contributed by atoms with van der Waals surface area (Å²) in [4.78, 5) is 14.0. The molecule has 16 heavy (non-hydrogen) atoms. The first kappa shape index (κ1) is 13.5. The zero-order valence-corrected chi connectivity index (χ0v) is 10.8. The Bertz CT molecular complexity index is 222. The second-order valence-electron chi connectivity index (χ2n) is 5.19. The molecule has 0 aromatic heterocycles. The van der Waals surface area contributed by atoms with E-state index in [1.165, 1.54) is 25.9 Å². The molecular formula is C12H25N3O. The molecule has 94 valence electrons. The number of hydrogen-bond acceptors (Lipinski definition) is 3. The summed E-state index contributed by atoms with van der Waals surface area (Å²) < 4.78 is 0. The van der Waals surface area contributed by atoms with Crippen molar-refractivity contribution < 1.29 is 4.79 Å². The molecule has 0 unspecified atom stereocenters. The monoisotopic (exact) mass is 227 g/mol. The zero-order valence-electron chi connectivity index (χ0n) is 10.8. The highest BCUT2D eigenvalue weighted by atomic mass is 16.2. The van der Waals surface area contributed by atoms with Crippen LogP contribution in [0.25, 0.3) is 0 Å². The summed E-state index contributed by atoms with van der Waals surface area (Å²) in [5.41, 5.74) is -0.320. The molecule has 2 N–H and O–H groups in total. The van der Waals surface area contributed by atoms with E-state index in [1.54, 1.807) is 7.05 Å². The van der Waals surface area contributed by atoms with Gasteiger partial charge in [0.2, 0.25) is 5.91 Å². The number of amides is 1. The zero-order chi connectivity index (χ0) is 12.0. The van der Waals surface area contributed by atoms with E-state index < -0.39 is 0 Å². The molecule has 0 bridgehead atoms. The average Bonchev–Trinajstić information content (AvgIpc) is 2.76. The molecule has 1 aliphatic heterocycles. The van der Waals surface area contributed by atoms with E-state index in [4.69, 9.17) is 0 Å². The smallest absolute Gasteiger partial charge is 0.226 e. The first-order valence-corrected chi connectivity index (χ1v) is 6.21. The number of nitrogens with one attached hydrogen (secondary N) is 2. The Balaban J connectivity index is 2.11. The van der Waals surface area contributed by atoms with Gasteiger partial charge in [0.05, 0.1) is 5.41 Å². The Kier molecular flexibility index (Phi) is 5.22. The van der Waals surface area contributed by atoms with E-state index in [2.05, 4.69) is 15.5 Å². The van der Waals surface area contributed by atoms with Crippen molar-refractivity contribution in [3.63, 3.8) is 0 Å². The maximum atomic E-state index is 11.5. The third-order valence-corrected chi connectivity index (χ3v) is 3.21. The van der Waals surface area contributed by atoms with Gasteiger partial charge in [0.25, 0.3) is 0 Å². The molecule has 0 aromatic carbocycles. The molecule has 1 aliphatic rings. The van der Waals surface area contributed by atoms with Crippen molar-refractivity contribution in [2.24, 2.45) is 5.41 Å². The van der Waals surface area contributed by atoms with Gasteiger partial charge < -0.3 is 15.5 Å². The highest BCUT2D eigenvalue weighted by molar-refractivity contribution is 5.81.